The fourth-order valence-corrected chi connectivity index (χ4v) is 1.17. The van der Waals surface area contributed by atoms with Gasteiger partial charge in [-0.15, -0.1) is 5.37 Å². The maximum absolute atomic E-state index is 11.1. The Morgan fingerprint density at radius 1 is 1.29 bits per heavy atom. The molecule has 0 fully saturated rings. The molecule has 1 aromatic carbocycles. The second-order valence-electron chi connectivity index (χ2n) is 3.34. The molecule has 0 bridgehead atoms. The molecule has 1 rings (SSSR count). The van der Waals surface area contributed by atoms with Crippen molar-refractivity contribution in [2.75, 3.05) is 7.11 Å². The number of hydrogen-bond donors (Lipinski definition) is 0. The van der Waals surface area contributed by atoms with E-state index in [0.717, 1.165) is 5.56 Å². The van der Waals surface area contributed by atoms with Crippen molar-refractivity contribution in [3.05, 3.63) is 40.8 Å². The SMILES string of the molecule is BC(B)=Cc1ccc(C(=O)OC)cc1. The monoisotopic (exact) mass is 186 g/mol. The molecule has 1 aromatic rings. The quantitative estimate of drug-likeness (QED) is 0.481. The first kappa shape index (κ1) is 10.6. The maximum Gasteiger partial charge on any atom is 0.337 e. The Morgan fingerprint density at radius 3 is 2.29 bits per heavy atom. The number of carbonyl (C=O) groups is 1. The summed E-state index contributed by atoms with van der Waals surface area (Å²) in [6, 6.07) is 7.33. The van der Waals surface area contributed by atoms with Gasteiger partial charge in [0.2, 0.25) is 0 Å². The molecule has 70 valence electrons. The van der Waals surface area contributed by atoms with Crippen LogP contribution in [-0.4, -0.2) is 28.8 Å². The van der Waals surface area contributed by atoms with Crippen LogP contribution in [0.1, 0.15) is 15.9 Å². The predicted molar refractivity (Wildman–Crippen MR) is 62.8 cm³/mol. The van der Waals surface area contributed by atoms with E-state index >= 15 is 0 Å². The highest BCUT2D eigenvalue weighted by molar-refractivity contribution is 6.50. The summed E-state index contributed by atoms with van der Waals surface area (Å²) in [5, 5.41) is 1.23. The van der Waals surface area contributed by atoms with Gasteiger partial charge in [-0.05, 0) is 17.7 Å². The smallest absolute Gasteiger partial charge is 0.337 e. The minimum atomic E-state index is -0.297. The third-order valence-electron chi connectivity index (χ3n) is 1.79. The van der Waals surface area contributed by atoms with Gasteiger partial charge in [-0.25, -0.2) is 4.79 Å². The van der Waals surface area contributed by atoms with E-state index in [-0.39, 0.29) is 5.97 Å². The Labute approximate surface area is 85.8 Å². The molecule has 0 saturated carbocycles. The summed E-state index contributed by atoms with van der Waals surface area (Å²) < 4.78 is 4.60. The summed E-state index contributed by atoms with van der Waals surface area (Å²) in [7, 11) is 5.45. The summed E-state index contributed by atoms with van der Waals surface area (Å²) in [6.07, 6.45) is 2.06. The Bertz CT molecular complexity index is 351. The minimum Gasteiger partial charge on any atom is -0.465 e. The van der Waals surface area contributed by atoms with E-state index in [1.165, 1.54) is 12.5 Å². The molecule has 4 heteroatoms. The number of benzene rings is 1. The van der Waals surface area contributed by atoms with Crippen LogP contribution >= 0.6 is 0 Å². The number of rotatable bonds is 2. The number of carbonyl (C=O) groups excluding carboxylic acids is 1. The standard InChI is InChI=1S/C10H12B2O2/c1-14-10(13)8-4-2-7(3-5-8)6-9(11)12/h2-6H,11-12H2,1H3. The third-order valence-corrected chi connectivity index (χ3v) is 1.79. The summed E-state index contributed by atoms with van der Waals surface area (Å²) in [5.74, 6) is -0.297. The first-order chi connectivity index (χ1) is 6.63. The van der Waals surface area contributed by atoms with Crippen molar-refractivity contribution < 1.29 is 9.53 Å². The maximum atomic E-state index is 11.1. The molecular formula is C10H12B2O2. The van der Waals surface area contributed by atoms with Crippen molar-refractivity contribution in [2.45, 2.75) is 0 Å². The fourth-order valence-electron chi connectivity index (χ4n) is 1.17. The Hall–Kier alpha value is -1.44. The van der Waals surface area contributed by atoms with Gasteiger partial charge < -0.3 is 4.74 Å². The highest BCUT2D eigenvalue weighted by atomic mass is 16.5. The molecule has 0 saturated heterocycles. The first-order valence-corrected chi connectivity index (χ1v) is 4.47. The van der Waals surface area contributed by atoms with Gasteiger partial charge >= 0.3 is 5.97 Å². The van der Waals surface area contributed by atoms with Crippen molar-refractivity contribution in [3.63, 3.8) is 0 Å². The Morgan fingerprint density at radius 2 is 1.86 bits per heavy atom. The van der Waals surface area contributed by atoms with Crippen LogP contribution in [-0.2, 0) is 4.74 Å². The summed E-state index contributed by atoms with van der Waals surface area (Å²) >= 11 is 0. The normalized spacial score (nSPS) is 9.21. The number of ether oxygens (including phenoxy) is 1. The molecule has 0 aliphatic rings. The molecule has 2 nitrogen and oxygen atoms in total. The zero-order chi connectivity index (χ0) is 10.6. The third kappa shape index (κ3) is 2.80. The van der Waals surface area contributed by atoms with E-state index in [2.05, 4.69) is 10.8 Å². The van der Waals surface area contributed by atoms with Crippen LogP contribution in [0.25, 0.3) is 6.08 Å². The molecule has 0 unspecified atom stereocenters. The number of esters is 1. The van der Waals surface area contributed by atoms with Crippen molar-refractivity contribution in [1.29, 1.82) is 0 Å². The molecule has 0 atom stereocenters. The van der Waals surface area contributed by atoms with Crippen LogP contribution < -0.4 is 0 Å². The van der Waals surface area contributed by atoms with Gasteiger partial charge in [-0.3, -0.25) is 0 Å². The van der Waals surface area contributed by atoms with Crippen LogP contribution in [0.5, 0.6) is 0 Å². The van der Waals surface area contributed by atoms with Gasteiger partial charge in [-0.2, -0.15) is 0 Å². The van der Waals surface area contributed by atoms with Crippen LogP contribution in [0.2, 0.25) is 0 Å². The van der Waals surface area contributed by atoms with Gasteiger partial charge in [-0.1, -0.05) is 18.2 Å². The lowest BCUT2D eigenvalue weighted by molar-refractivity contribution is 0.0601. The number of hydrogen-bond acceptors (Lipinski definition) is 2. The molecule has 0 heterocycles. The van der Waals surface area contributed by atoms with Gasteiger partial charge in [0.1, 0.15) is 15.7 Å². The van der Waals surface area contributed by atoms with Crippen LogP contribution in [0.3, 0.4) is 0 Å². The highest BCUT2D eigenvalue weighted by Crippen LogP contribution is 2.07. The molecule has 0 radical (unpaired) electrons. The Balaban J connectivity index is 2.89. The molecule has 0 aliphatic heterocycles. The van der Waals surface area contributed by atoms with E-state index in [4.69, 9.17) is 0 Å². The van der Waals surface area contributed by atoms with E-state index in [0.29, 0.717) is 5.56 Å². The average Bonchev–Trinajstić information content (AvgIpc) is 2.17. The molecule has 0 amide bonds. The van der Waals surface area contributed by atoms with E-state index in [1.807, 2.05) is 27.8 Å². The topological polar surface area (TPSA) is 26.3 Å². The van der Waals surface area contributed by atoms with Crippen molar-refractivity contribution >= 4 is 27.7 Å². The lowest BCUT2D eigenvalue weighted by Crippen LogP contribution is -2.00. The van der Waals surface area contributed by atoms with Gasteiger partial charge in [0.15, 0.2) is 0 Å². The highest BCUT2D eigenvalue weighted by Gasteiger charge is 2.02. The molecule has 0 aromatic heterocycles. The molecule has 14 heavy (non-hydrogen) atoms. The van der Waals surface area contributed by atoms with Gasteiger partial charge in [0.05, 0.1) is 12.7 Å². The summed E-state index contributed by atoms with van der Waals surface area (Å²) in [4.78, 5) is 11.1. The van der Waals surface area contributed by atoms with Gasteiger partial charge in [0, 0.05) is 0 Å². The zero-order valence-electron chi connectivity index (χ0n) is 8.70. The predicted octanol–water partition coefficient (Wildman–Crippen LogP) is 0.0378. The Kier molecular flexibility index (Phi) is 3.57. The molecule has 0 N–H and O–H groups in total. The zero-order valence-corrected chi connectivity index (χ0v) is 8.70. The van der Waals surface area contributed by atoms with Crippen LogP contribution in [0.15, 0.2) is 29.6 Å². The van der Waals surface area contributed by atoms with Crippen molar-refractivity contribution in [3.8, 4) is 0 Å². The van der Waals surface area contributed by atoms with Gasteiger partial charge in [0.25, 0.3) is 0 Å². The summed E-state index contributed by atoms with van der Waals surface area (Å²) in [5.41, 5.74) is 1.68. The lowest BCUT2D eigenvalue weighted by atomic mass is 9.77. The lowest BCUT2D eigenvalue weighted by Gasteiger charge is -1.99. The summed E-state index contributed by atoms with van der Waals surface area (Å²) in [6.45, 7) is 0. The largest absolute Gasteiger partial charge is 0.465 e. The van der Waals surface area contributed by atoms with Crippen molar-refractivity contribution in [1.82, 2.24) is 0 Å². The van der Waals surface area contributed by atoms with Crippen LogP contribution in [0, 0.1) is 0 Å². The second kappa shape index (κ2) is 4.70. The minimum absolute atomic E-state index is 0.297. The van der Waals surface area contributed by atoms with Crippen molar-refractivity contribution in [2.24, 2.45) is 0 Å². The molecule has 0 aliphatic carbocycles. The van der Waals surface area contributed by atoms with E-state index in [9.17, 15) is 4.79 Å². The average molecular weight is 186 g/mol. The van der Waals surface area contributed by atoms with Crippen LogP contribution in [0.4, 0.5) is 0 Å². The molecular weight excluding hydrogens is 174 g/mol. The first-order valence-electron chi connectivity index (χ1n) is 4.47. The number of methoxy groups -OCH3 is 1. The van der Waals surface area contributed by atoms with E-state index < -0.39 is 0 Å². The van der Waals surface area contributed by atoms with E-state index in [1.54, 1.807) is 12.1 Å². The molecule has 0 spiro atoms. The second-order valence-corrected chi connectivity index (χ2v) is 3.34. The fraction of sp³-hybridized carbons (Fsp3) is 0.100.